The zero-order chi connectivity index (χ0) is 29.7. The summed E-state index contributed by atoms with van der Waals surface area (Å²) in [6, 6.07) is 18.9. The first-order valence-corrected chi connectivity index (χ1v) is 15.9. The Hall–Kier alpha value is -3.76. The Kier molecular flexibility index (Phi) is 9.23. The zero-order valence-corrected chi connectivity index (χ0v) is 24.9. The van der Waals surface area contributed by atoms with E-state index in [1.165, 1.54) is 17.0 Å². The van der Waals surface area contributed by atoms with E-state index in [2.05, 4.69) is 5.32 Å². The maximum absolute atomic E-state index is 14.1. The van der Waals surface area contributed by atoms with Gasteiger partial charge in [0.05, 0.1) is 10.6 Å². The van der Waals surface area contributed by atoms with E-state index in [0.29, 0.717) is 35.3 Å². The normalized spacial score (nSPS) is 15.6. The van der Waals surface area contributed by atoms with Gasteiger partial charge in [0.25, 0.3) is 10.0 Å². The van der Waals surface area contributed by atoms with Crippen molar-refractivity contribution in [2.24, 2.45) is 0 Å². The van der Waals surface area contributed by atoms with Crippen LogP contribution in [0.4, 0.5) is 5.69 Å². The molecular formula is C31H34ClN3O6S. The van der Waals surface area contributed by atoms with E-state index < -0.39 is 28.5 Å². The Morgan fingerprint density at radius 1 is 0.952 bits per heavy atom. The molecule has 1 aliphatic heterocycles. The highest BCUT2D eigenvalue weighted by molar-refractivity contribution is 7.92. The number of sulfonamides is 1. The standard InChI is InChI=1S/C31H34ClN3O6S/c1-22(31(37)33-25-10-5-6-11-25)34(20-23-8-7-9-24(32)18-23)30(36)21-35(42(38,39)27-12-3-2-4-13-27)26-14-15-28-29(19-26)41-17-16-40-28/h2-4,7-9,12-15,18-19,22,25H,5-6,10-11,16-17,20-21H2,1H3,(H,33,37). The first kappa shape index (κ1) is 29.7. The van der Waals surface area contributed by atoms with Gasteiger partial charge in [0.1, 0.15) is 25.8 Å². The van der Waals surface area contributed by atoms with E-state index in [1.807, 2.05) is 6.07 Å². The lowest BCUT2D eigenvalue weighted by atomic mass is 10.1. The van der Waals surface area contributed by atoms with E-state index in [-0.39, 0.29) is 29.1 Å². The first-order valence-electron chi connectivity index (χ1n) is 14.0. The SMILES string of the molecule is CC(C(=O)NC1CCCC1)N(Cc1cccc(Cl)c1)C(=O)CN(c1ccc2c(c1)OCCO2)S(=O)(=O)c1ccccc1. The average Bonchev–Trinajstić information content (AvgIpc) is 3.51. The fourth-order valence-corrected chi connectivity index (χ4v) is 6.88. The maximum atomic E-state index is 14.1. The number of hydrogen-bond donors (Lipinski definition) is 1. The predicted molar refractivity (Wildman–Crippen MR) is 160 cm³/mol. The van der Waals surface area contributed by atoms with Crippen molar-refractivity contribution < 1.29 is 27.5 Å². The number of rotatable bonds is 10. The molecule has 1 aliphatic carbocycles. The minimum atomic E-state index is -4.19. The number of amides is 2. The summed E-state index contributed by atoms with van der Waals surface area (Å²) in [6.45, 7) is 1.89. The molecule has 42 heavy (non-hydrogen) atoms. The van der Waals surface area contributed by atoms with Gasteiger partial charge in [-0.25, -0.2) is 8.42 Å². The number of halogens is 1. The predicted octanol–water partition coefficient (Wildman–Crippen LogP) is 4.78. The van der Waals surface area contributed by atoms with Crippen molar-refractivity contribution in [3.05, 3.63) is 83.4 Å². The largest absolute Gasteiger partial charge is 0.486 e. The molecule has 0 aromatic heterocycles. The Bertz CT molecular complexity index is 1530. The van der Waals surface area contributed by atoms with E-state index in [1.54, 1.807) is 61.5 Å². The number of anilines is 1. The van der Waals surface area contributed by atoms with Crippen LogP contribution >= 0.6 is 11.6 Å². The number of carbonyl (C=O) groups is 2. The van der Waals surface area contributed by atoms with Gasteiger partial charge in [-0.15, -0.1) is 0 Å². The van der Waals surface area contributed by atoms with Crippen LogP contribution in [0, 0.1) is 0 Å². The third kappa shape index (κ3) is 6.82. The van der Waals surface area contributed by atoms with Gasteiger partial charge < -0.3 is 19.7 Å². The number of carbonyl (C=O) groups excluding carboxylic acids is 2. The molecule has 5 rings (SSSR count). The van der Waals surface area contributed by atoms with Crippen LogP contribution in [0.3, 0.4) is 0 Å². The molecule has 1 unspecified atom stereocenters. The Morgan fingerprint density at radius 3 is 2.38 bits per heavy atom. The second-order valence-electron chi connectivity index (χ2n) is 10.5. The fraction of sp³-hybridized carbons (Fsp3) is 0.355. The average molecular weight is 612 g/mol. The van der Waals surface area contributed by atoms with Gasteiger partial charge in [-0.3, -0.25) is 13.9 Å². The second-order valence-corrected chi connectivity index (χ2v) is 12.8. The monoisotopic (exact) mass is 611 g/mol. The lowest BCUT2D eigenvalue weighted by Gasteiger charge is -2.32. The van der Waals surface area contributed by atoms with Crippen molar-refractivity contribution >= 4 is 39.1 Å². The summed E-state index contributed by atoms with van der Waals surface area (Å²) in [6.07, 6.45) is 3.89. The maximum Gasteiger partial charge on any atom is 0.264 e. The van der Waals surface area contributed by atoms with Crippen molar-refractivity contribution in [1.29, 1.82) is 0 Å². The van der Waals surface area contributed by atoms with Gasteiger partial charge in [0, 0.05) is 23.7 Å². The summed E-state index contributed by atoms with van der Waals surface area (Å²) in [7, 11) is -4.19. The molecule has 3 aromatic rings. The van der Waals surface area contributed by atoms with Crippen molar-refractivity contribution in [2.45, 2.75) is 56.1 Å². The highest BCUT2D eigenvalue weighted by atomic mass is 35.5. The first-order chi connectivity index (χ1) is 20.2. The molecule has 222 valence electrons. The van der Waals surface area contributed by atoms with Crippen LogP contribution in [-0.2, 0) is 26.2 Å². The molecule has 11 heteroatoms. The molecule has 2 aliphatic rings. The molecule has 1 N–H and O–H groups in total. The smallest absolute Gasteiger partial charge is 0.264 e. The van der Waals surface area contributed by atoms with Crippen LogP contribution in [0.2, 0.25) is 5.02 Å². The molecule has 2 amide bonds. The third-order valence-corrected chi connectivity index (χ3v) is 9.56. The van der Waals surface area contributed by atoms with Crippen LogP contribution in [0.25, 0.3) is 0 Å². The van der Waals surface area contributed by atoms with Crippen molar-refractivity contribution in [1.82, 2.24) is 10.2 Å². The lowest BCUT2D eigenvalue weighted by Crippen LogP contribution is -2.52. The van der Waals surface area contributed by atoms with Gasteiger partial charge in [-0.05, 0) is 61.7 Å². The second kappa shape index (κ2) is 13.0. The van der Waals surface area contributed by atoms with E-state index in [0.717, 1.165) is 30.0 Å². The van der Waals surface area contributed by atoms with Crippen LogP contribution in [0.5, 0.6) is 11.5 Å². The van der Waals surface area contributed by atoms with Gasteiger partial charge in [0.15, 0.2) is 11.5 Å². The highest BCUT2D eigenvalue weighted by Gasteiger charge is 2.34. The fourth-order valence-electron chi connectivity index (χ4n) is 5.24. The molecule has 0 radical (unpaired) electrons. The number of nitrogens with zero attached hydrogens (tertiary/aromatic N) is 2. The number of ether oxygens (including phenoxy) is 2. The topological polar surface area (TPSA) is 105 Å². The number of hydrogen-bond acceptors (Lipinski definition) is 6. The molecule has 9 nitrogen and oxygen atoms in total. The van der Waals surface area contributed by atoms with Gasteiger partial charge in [-0.2, -0.15) is 0 Å². The Balaban J connectivity index is 1.49. The Morgan fingerprint density at radius 2 is 1.67 bits per heavy atom. The molecule has 3 aromatic carbocycles. The molecule has 1 saturated carbocycles. The quantitative estimate of drug-likeness (QED) is 0.354. The number of fused-ring (bicyclic) bond motifs is 1. The van der Waals surface area contributed by atoms with Crippen LogP contribution < -0.4 is 19.1 Å². The Labute approximate surface area is 251 Å². The summed E-state index contributed by atoms with van der Waals surface area (Å²) in [4.78, 5) is 28.9. The highest BCUT2D eigenvalue weighted by Crippen LogP contribution is 2.36. The lowest BCUT2D eigenvalue weighted by molar-refractivity contribution is -0.139. The van der Waals surface area contributed by atoms with Crippen molar-refractivity contribution in [3.8, 4) is 11.5 Å². The summed E-state index contributed by atoms with van der Waals surface area (Å²) in [5.41, 5.74) is 0.954. The molecule has 0 bridgehead atoms. The van der Waals surface area contributed by atoms with E-state index in [4.69, 9.17) is 21.1 Å². The molecule has 1 fully saturated rings. The molecule has 1 heterocycles. The van der Waals surface area contributed by atoms with Crippen molar-refractivity contribution in [3.63, 3.8) is 0 Å². The van der Waals surface area contributed by atoms with Crippen LogP contribution in [0.1, 0.15) is 38.2 Å². The minimum Gasteiger partial charge on any atom is -0.486 e. The number of nitrogens with one attached hydrogen (secondary N) is 1. The molecule has 1 atom stereocenters. The molecular weight excluding hydrogens is 578 g/mol. The minimum absolute atomic E-state index is 0.0288. The third-order valence-electron chi connectivity index (χ3n) is 7.53. The summed E-state index contributed by atoms with van der Waals surface area (Å²) in [5.74, 6) is 0.0558. The zero-order valence-electron chi connectivity index (χ0n) is 23.4. The summed E-state index contributed by atoms with van der Waals surface area (Å²) in [5, 5.41) is 3.56. The van der Waals surface area contributed by atoms with Gasteiger partial charge >= 0.3 is 0 Å². The van der Waals surface area contributed by atoms with E-state index in [9.17, 15) is 18.0 Å². The van der Waals surface area contributed by atoms with Crippen LogP contribution in [-0.4, -0.2) is 57.0 Å². The summed E-state index contributed by atoms with van der Waals surface area (Å²) >= 11 is 6.22. The number of benzene rings is 3. The van der Waals surface area contributed by atoms with Crippen molar-refractivity contribution in [2.75, 3.05) is 24.1 Å². The van der Waals surface area contributed by atoms with Crippen LogP contribution in [0.15, 0.2) is 77.7 Å². The molecule has 0 spiro atoms. The van der Waals surface area contributed by atoms with E-state index >= 15 is 0 Å². The van der Waals surface area contributed by atoms with Gasteiger partial charge in [-0.1, -0.05) is 54.8 Å². The summed E-state index contributed by atoms with van der Waals surface area (Å²) < 4.78 is 40.3. The molecule has 0 saturated heterocycles. The van der Waals surface area contributed by atoms with Gasteiger partial charge in [0.2, 0.25) is 11.8 Å².